The van der Waals surface area contributed by atoms with E-state index in [1.165, 1.54) is 29.5 Å². The average molecular weight is 532 g/mol. The van der Waals surface area contributed by atoms with Crippen molar-refractivity contribution in [3.8, 4) is 5.19 Å². The Balaban J connectivity index is 1.19. The number of aromatic nitrogens is 1. The van der Waals surface area contributed by atoms with Crippen LogP contribution in [0.15, 0.2) is 47.4 Å². The molecule has 2 fully saturated rings. The number of para-hydroxylation sites is 1. The molecule has 2 aliphatic rings. The van der Waals surface area contributed by atoms with Gasteiger partial charge in [-0.05, 0) is 54.7 Å². The lowest BCUT2D eigenvalue weighted by molar-refractivity contribution is 0.0595. The van der Waals surface area contributed by atoms with Crippen molar-refractivity contribution in [3.63, 3.8) is 0 Å². The number of benzene rings is 2. The van der Waals surface area contributed by atoms with Crippen LogP contribution < -0.4 is 4.74 Å². The number of fused-ring (bicyclic) bond motifs is 1. The number of halogens is 1. The van der Waals surface area contributed by atoms with Crippen LogP contribution >= 0.6 is 11.3 Å². The van der Waals surface area contributed by atoms with E-state index in [1.54, 1.807) is 27.4 Å². The number of rotatable bonds is 5. The fourth-order valence-corrected chi connectivity index (χ4v) is 7.74. The van der Waals surface area contributed by atoms with Crippen molar-refractivity contribution in [2.75, 3.05) is 26.2 Å². The number of nitrogens with zero attached hydrogens (tertiary/aromatic N) is 3. The number of carbonyl (C=O) groups excluding carboxylic acids is 1. The summed E-state index contributed by atoms with van der Waals surface area (Å²) in [6, 6.07) is 11.1. The molecule has 7 nitrogen and oxygen atoms in total. The van der Waals surface area contributed by atoms with Gasteiger partial charge in [-0.1, -0.05) is 31.3 Å². The normalized spacial score (nSPS) is 22.1. The zero-order valence-corrected chi connectivity index (χ0v) is 22.0. The van der Waals surface area contributed by atoms with Gasteiger partial charge in [-0.2, -0.15) is 9.29 Å². The lowest BCUT2D eigenvalue weighted by Gasteiger charge is -2.34. The summed E-state index contributed by atoms with van der Waals surface area (Å²) in [6.45, 7) is 6.24. The molecule has 0 saturated carbocycles. The van der Waals surface area contributed by atoms with Crippen molar-refractivity contribution in [2.24, 2.45) is 11.8 Å². The quantitative estimate of drug-likeness (QED) is 0.473. The first-order valence-corrected chi connectivity index (χ1v) is 14.6. The number of amides is 1. The maximum atomic E-state index is 13.9. The standard InChI is InChI=1S/C26H30FN3O4S2/c1-17-14-18(2)16-30(15-17)36(32,33)21-8-6-19(7-9-21)25(31)29-12-10-20(11-13-29)34-26-28-24-22(27)4-3-5-23(24)35-26/h3-9,17-18,20H,10-16H2,1-2H3. The molecule has 192 valence electrons. The smallest absolute Gasteiger partial charge is 0.274 e. The Morgan fingerprint density at radius 2 is 1.72 bits per heavy atom. The molecule has 0 spiro atoms. The van der Waals surface area contributed by atoms with Crippen LogP contribution in [-0.4, -0.2) is 60.8 Å². The van der Waals surface area contributed by atoms with Gasteiger partial charge in [-0.3, -0.25) is 4.79 Å². The second-order valence-electron chi connectivity index (χ2n) is 9.97. The highest BCUT2D eigenvalue weighted by atomic mass is 32.2. The summed E-state index contributed by atoms with van der Waals surface area (Å²) in [6.07, 6.45) is 2.21. The molecule has 2 aromatic carbocycles. The van der Waals surface area contributed by atoms with Gasteiger partial charge >= 0.3 is 0 Å². The third-order valence-electron chi connectivity index (χ3n) is 6.92. The van der Waals surface area contributed by atoms with Crippen LogP contribution in [0.4, 0.5) is 4.39 Å². The van der Waals surface area contributed by atoms with E-state index in [9.17, 15) is 17.6 Å². The summed E-state index contributed by atoms with van der Waals surface area (Å²) in [5.74, 6) is 0.164. The van der Waals surface area contributed by atoms with E-state index in [2.05, 4.69) is 18.8 Å². The SMILES string of the molecule is CC1CC(C)CN(S(=O)(=O)c2ccc(C(=O)N3CCC(Oc4nc5c(F)cccc5s4)CC3)cc2)C1. The number of carbonyl (C=O) groups is 1. The Kier molecular flexibility index (Phi) is 7.02. The predicted molar refractivity (Wildman–Crippen MR) is 137 cm³/mol. The van der Waals surface area contributed by atoms with Crippen LogP contribution in [0.1, 0.15) is 43.5 Å². The number of piperidine rings is 2. The largest absolute Gasteiger partial charge is 0.467 e. The molecule has 36 heavy (non-hydrogen) atoms. The van der Waals surface area contributed by atoms with Gasteiger partial charge in [0.05, 0.1) is 9.60 Å². The van der Waals surface area contributed by atoms with E-state index >= 15 is 0 Å². The highest BCUT2D eigenvalue weighted by Crippen LogP contribution is 2.31. The van der Waals surface area contributed by atoms with Gasteiger partial charge in [0.25, 0.3) is 11.1 Å². The minimum absolute atomic E-state index is 0.0977. The van der Waals surface area contributed by atoms with Gasteiger partial charge < -0.3 is 9.64 Å². The molecule has 2 unspecified atom stereocenters. The Hall–Kier alpha value is -2.56. The zero-order chi connectivity index (χ0) is 25.4. The molecule has 0 radical (unpaired) electrons. The summed E-state index contributed by atoms with van der Waals surface area (Å²) in [7, 11) is -3.58. The van der Waals surface area contributed by atoms with E-state index in [1.807, 2.05) is 6.07 Å². The third-order valence-corrected chi connectivity index (χ3v) is 9.68. The number of hydrogen-bond donors (Lipinski definition) is 0. The van der Waals surface area contributed by atoms with E-state index in [0.29, 0.717) is 67.1 Å². The molecule has 3 aromatic rings. The van der Waals surface area contributed by atoms with Crippen molar-refractivity contribution in [2.45, 2.75) is 44.1 Å². The molecule has 0 aliphatic carbocycles. The number of likely N-dealkylation sites (tertiary alicyclic amines) is 1. The molecule has 2 aliphatic heterocycles. The summed E-state index contributed by atoms with van der Waals surface area (Å²) < 4.78 is 48.4. The monoisotopic (exact) mass is 531 g/mol. The fourth-order valence-electron chi connectivity index (χ4n) is 5.17. The van der Waals surface area contributed by atoms with Crippen molar-refractivity contribution in [1.29, 1.82) is 0 Å². The maximum Gasteiger partial charge on any atom is 0.274 e. The van der Waals surface area contributed by atoms with Gasteiger partial charge in [-0.15, -0.1) is 0 Å². The number of hydrogen-bond acceptors (Lipinski definition) is 6. The summed E-state index contributed by atoms with van der Waals surface area (Å²) >= 11 is 1.32. The molecule has 2 saturated heterocycles. The van der Waals surface area contributed by atoms with Gasteiger partial charge in [-0.25, -0.2) is 12.8 Å². The molecule has 10 heteroatoms. The number of thiazole rings is 1. The first kappa shape index (κ1) is 25.1. The highest BCUT2D eigenvalue weighted by Gasteiger charge is 2.32. The molecule has 2 atom stereocenters. The predicted octanol–water partition coefficient (Wildman–Crippen LogP) is 4.79. The van der Waals surface area contributed by atoms with Gasteiger partial charge in [0.15, 0.2) is 0 Å². The Morgan fingerprint density at radius 3 is 2.36 bits per heavy atom. The third kappa shape index (κ3) is 5.12. The van der Waals surface area contributed by atoms with E-state index in [-0.39, 0.29) is 22.7 Å². The Morgan fingerprint density at radius 1 is 1.06 bits per heavy atom. The van der Waals surface area contributed by atoms with Crippen molar-refractivity contribution >= 4 is 37.5 Å². The lowest BCUT2D eigenvalue weighted by Crippen LogP contribution is -2.42. The van der Waals surface area contributed by atoms with Gasteiger partial charge in [0, 0.05) is 44.6 Å². The topological polar surface area (TPSA) is 79.8 Å². The van der Waals surface area contributed by atoms with Crippen LogP contribution in [0.5, 0.6) is 5.19 Å². The lowest BCUT2D eigenvalue weighted by atomic mass is 9.94. The minimum Gasteiger partial charge on any atom is -0.467 e. The van der Waals surface area contributed by atoms with Crippen LogP contribution in [0, 0.1) is 17.7 Å². The highest BCUT2D eigenvalue weighted by molar-refractivity contribution is 7.89. The van der Waals surface area contributed by atoms with Crippen LogP contribution in [0.2, 0.25) is 0 Å². The summed E-state index contributed by atoms with van der Waals surface area (Å²) in [5.41, 5.74) is 0.787. The molecule has 0 bridgehead atoms. The zero-order valence-electron chi connectivity index (χ0n) is 20.4. The fraction of sp³-hybridized carbons (Fsp3) is 0.462. The van der Waals surface area contributed by atoms with E-state index in [0.717, 1.165) is 11.1 Å². The van der Waals surface area contributed by atoms with Crippen molar-refractivity contribution < 1.29 is 22.3 Å². The Bertz CT molecular complexity index is 1340. The summed E-state index contributed by atoms with van der Waals surface area (Å²) in [5, 5.41) is 0.439. The molecule has 1 amide bonds. The second-order valence-corrected chi connectivity index (χ2v) is 12.9. The Labute approximate surface area is 214 Å². The second kappa shape index (κ2) is 10.1. The molecule has 5 rings (SSSR count). The van der Waals surface area contributed by atoms with Gasteiger partial charge in [0.2, 0.25) is 10.0 Å². The van der Waals surface area contributed by atoms with Crippen LogP contribution in [0.25, 0.3) is 10.2 Å². The number of sulfonamides is 1. The van der Waals surface area contributed by atoms with E-state index < -0.39 is 10.0 Å². The minimum atomic E-state index is -3.58. The number of ether oxygens (including phenoxy) is 1. The molecule has 1 aromatic heterocycles. The molecule has 0 N–H and O–H groups in total. The van der Waals surface area contributed by atoms with Crippen molar-refractivity contribution in [3.05, 3.63) is 53.8 Å². The summed E-state index contributed by atoms with van der Waals surface area (Å²) in [4.78, 5) is 19.3. The van der Waals surface area contributed by atoms with Crippen molar-refractivity contribution in [1.82, 2.24) is 14.2 Å². The van der Waals surface area contributed by atoms with Crippen LogP contribution in [0.3, 0.4) is 0 Å². The first-order chi connectivity index (χ1) is 17.2. The van der Waals surface area contributed by atoms with E-state index in [4.69, 9.17) is 4.74 Å². The molecular formula is C26H30FN3O4S2. The molecular weight excluding hydrogens is 501 g/mol. The first-order valence-electron chi connectivity index (χ1n) is 12.3. The van der Waals surface area contributed by atoms with Gasteiger partial charge in [0.1, 0.15) is 17.4 Å². The average Bonchev–Trinajstić information content (AvgIpc) is 3.27. The maximum absolute atomic E-state index is 13.9. The molecule has 3 heterocycles. The van der Waals surface area contributed by atoms with Crippen LogP contribution in [-0.2, 0) is 10.0 Å².